The fourth-order valence-corrected chi connectivity index (χ4v) is 5.43. The molecule has 2 rings (SSSR count). The van der Waals surface area contributed by atoms with Crippen LogP contribution in [0.5, 0.6) is 0 Å². The molecule has 1 heterocycles. The van der Waals surface area contributed by atoms with Crippen molar-refractivity contribution in [2.45, 2.75) is 24.8 Å². The van der Waals surface area contributed by atoms with Gasteiger partial charge in [-0.15, -0.1) is 11.3 Å². The van der Waals surface area contributed by atoms with Gasteiger partial charge in [-0.25, -0.2) is 8.42 Å². The number of rotatable bonds is 5. The van der Waals surface area contributed by atoms with Crippen LogP contribution in [0.2, 0.25) is 0 Å². The number of aliphatic hydroxyl groups is 1. The molecule has 0 saturated heterocycles. The lowest BCUT2D eigenvalue weighted by atomic mass is 10.1. The molecule has 0 spiro atoms. The third-order valence-electron chi connectivity index (χ3n) is 2.79. The van der Waals surface area contributed by atoms with Crippen molar-refractivity contribution in [3.63, 3.8) is 0 Å². The van der Waals surface area contributed by atoms with E-state index in [9.17, 15) is 8.42 Å². The molecule has 0 amide bonds. The van der Waals surface area contributed by atoms with E-state index in [0.29, 0.717) is 14.4 Å². The maximum absolute atomic E-state index is 12.4. The molecule has 7 heteroatoms. The van der Waals surface area contributed by atoms with E-state index < -0.39 is 10.0 Å². The summed E-state index contributed by atoms with van der Waals surface area (Å²) in [6, 6.07) is 8.77. The Morgan fingerprint density at radius 2 is 2.05 bits per heavy atom. The van der Waals surface area contributed by atoms with Crippen LogP contribution in [0.1, 0.15) is 17.4 Å². The van der Waals surface area contributed by atoms with E-state index in [1.807, 2.05) is 19.1 Å². The smallest absolute Gasteiger partial charge is 0.263 e. The van der Waals surface area contributed by atoms with Gasteiger partial charge in [0.1, 0.15) is 4.90 Å². The van der Waals surface area contributed by atoms with Crippen molar-refractivity contribution in [2.24, 2.45) is 0 Å². The van der Waals surface area contributed by atoms with Crippen molar-refractivity contribution in [1.29, 1.82) is 0 Å². The summed E-state index contributed by atoms with van der Waals surface area (Å²) in [5.41, 5.74) is 1.52. The van der Waals surface area contributed by atoms with E-state index in [-0.39, 0.29) is 11.5 Å². The van der Waals surface area contributed by atoms with Crippen molar-refractivity contribution >= 4 is 43.0 Å². The van der Waals surface area contributed by atoms with E-state index in [0.717, 1.165) is 12.0 Å². The van der Waals surface area contributed by atoms with Crippen molar-refractivity contribution in [3.8, 4) is 0 Å². The third-order valence-corrected chi connectivity index (χ3v) is 6.40. The highest BCUT2D eigenvalue weighted by molar-refractivity contribution is 9.11. The van der Waals surface area contributed by atoms with Crippen LogP contribution >= 0.6 is 27.3 Å². The van der Waals surface area contributed by atoms with Crippen LogP contribution in [0.3, 0.4) is 0 Å². The first-order valence-corrected chi connectivity index (χ1v) is 9.07. The van der Waals surface area contributed by atoms with Crippen LogP contribution < -0.4 is 4.72 Å². The predicted octanol–water partition coefficient (Wildman–Crippen LogP) is 3.37. The number of aliphatic hydroxyl groups excluding tert-OH is 1. The third kappa shape index (κ3) is 3.22. The van der Waals surface area contributed by atoms with Gasteiger partial charge in [-0.2, -0.15) is 0 Å². The molecule has 2 N–H and O–H groups in total. The highest BCUT2D eigenvalue weighted by Crippen LogP contribution is 2.33. The van der Waals surface area contributed by atoms with Gasteiger partial charge in [0.2, 0.25) is 0 Å². The lowest BCUT2D eigenvalue weighted by molar-refractivity contribution is 0.285. The van der Waals surface area contributed by atoms with Gasteiger partial charge < -0.3 is 5.11 Å². The lowest BCUT2D eigenvalue weighted by Gasteiger charge is -2.10. The van der Waals surface area contributed by atoms with E-state index in [1.54, 1.807) is 12.1 Å². The number of anilines is 1. The second-order valence-corrected chi connectivity index (χ2v) is 8.23. The number of hydrogen-bond donors (Lipinski definition) is 2. The molecule has 2 aromatic rings. The second kappa shape index (κ2) is 6.26. The van der Waals surface area contributed by atoms with Gasteiger partial charge in [0.25, 0.3) is 10.0 Å². The molecule has 0 fully saturated rings. The highest BCUT2D eigenvalue weighted by Gasteiger charge is 2.21. The molecule has 0 saturated carbocycles. The van der Waals surface area contributed by atoms with Gasteiger partial charge in [-0.3, -0.25) is 4.72 Å². The fourth-order valence-electron chi connectivity index (χ4n) is 1.79. The second-order valence-electron chi connectivity index (χ2n) is 4.12. The van der Waals surface area contributed by atoms with E-state index in [1.165, 1.54) is 17.4 Å². The molecule has 0 unspecified atom stereocenters. The van der Waals surface area contributed by atoms with Crippen LogP contribution in [-0.2, 0) is 23.1 Å². The average Bonchev–Trinajstić information content (AvgIpc) is 2.81. The number of halogens is 1. The molecule has 0 aliphatic rings. The van der Waals surface area contributed by atoms with Crippen LogP contribution in [-0.4, -0.2) is 13.5 Å². The molecule has 4 nitrogen and oxygen atoms in total. The van der Waals surface area contributed by atoms with Crippen molar-refractivity contribution < 1.29 is 13.5 Å². The maximum Gasteiger partial charge on any atom is 0.263 e. The Morgan fingerprint density at radius 3 is 2.65 bits per heavy atom. The van der Waals surface area contributed by atoms with Crippen LogP contribution in [0.4, 0.5) is 5.69 Å². The molecule has 0 radical (unpaired) electrons. The number of benzene rings is 1. The first-order chi connectivity index (χ1) is 9.47. The summed E-state index contributed by atoms with van der Waals surface area (Å²) in [6.45, 7) is 1.79. The highest BCUT2D eigenvalue weighted by atomic mass is 79.9. The Hall–Kier alpha value is -0.890. The number of para-hydroxylation sites is 1. The SMILES string of the molecule is CCc1ccccc1NS(=O)(=O)c1cc(CO)sc1Br. The lowest BCUT2D eigenvalue weighted by Crippen LogP contribution is -2.13. The molecule has 0 aliphatic heterocycles. The molecule has 1 aromatic carbocycles. The Morgan fingerprint density at radius 1 is 1.35 bits per heavy atom. The number of hydrogen-bond acceptors (Lipinski definition) is 4. The minimum atomic E-state index is -3.66. The van der Waals surface area contributed by atoms with Crippen LogP contribution in [0.25, 0.3) is 0 Å². The zero-order valence-electron chi connectivity index (χ0n) is 10.8. The van der Waals surface area contributed by atoms with Crippen molar-refractivity contribution in [2.75, 3.05) is 4.72 Å². The zero-order valence-corrected chi connectivity index (χ0v) is 14.0. The van der Waals surface area contributed by atoms with Crippen LogP contribution in [0.15, 0.2) is 39.0 Å². The van der Waals surface area contributed by atoms with Gasteiger partial charge in [-0.05, 0) is 40.0 Å². The van der Waals surface area contributed by atoms with Crippen LogP contribution in [0, 0.1) is 0 Å². The molecular formula is C13H14BrNO3S2. The minimum Gasteiger partial charge on any atom is -0.391 e. The Bertz CT molecular complexity index is 710. The topological polar surface area (TPSA) is 66.4 Å². The summed E-state index contributed by atoms with van der Waals surface area (Å²) < 4.78 is 27.9. The molecule has 0 atom stereocenters. The van der Waals surface area contributed by atoms with Gasteiger partial charge in [-0.1, -0.05) is 25.1 Å². The number of nitrogens with one attached hydrogen (secondary N) is 1. The quantitative estimate of drug-likeness (QED) is 0.841. The summed E-state index contributed by atoms with van der Waals surface area (Å²) in [5.74, 6) is 0. The Kier molecular flexibility index (Phi) is 4.85. The largest absolute Gasteiger partial charge is 0.391 e. The number of thiophene rings is 1. The van der Waals surface area contributed by atoms with Gasteiger partial charge in [0.15, 0.2) is 0 Å². The zero-order chi connectivity index (χ0) is 14.8. The molecule has 20 heavy (non-hydrogen) atoms. The monoisotopic (exact) mass is 375 g/mol. The standard InChI is InChI=1S/C13H14BrNO3S2/c1-2-9-5-3-4-6-11(9)15-20(17,18)12-7-10(8-16)19-13(12)14/h3-7,15-16H,2,8H2,1H3. The molecule has 0 aliphatic carbocycles. The van der Waals surface area contributed by atoms with Gasteiger partial charge in [0.05, 0.1) is 16.1 Å². The Labute approximate surface area is 130 Å². The molecular weight excluding hydrogens is 362 g/mol. The van der Waals surface area contributed by atoms with E-state index >= 15 is 0 Å². The fraction of sp³-hybridized carbons (Fsp3) is 0.231. The van der Waals surface area contributed by atoms with Crippen molar-refractivity contribution in [3.05, 3.63) is 44.6 Å². The van der Waals surface area contributed by atoms with E-state index in [2.05, 4.69) is 20.7 Å². The van der Waals surface area contributed by atoms with E-state index in [4.69, 9.17) is 5.11 Å². The molecule has 0 bridgehead atoms. The minimum absolute atomic E-state index is 0.150. The predicted molar refractivity (Wildman–Crippen MR) is 84.6 cm³/mol. The normalized spacial score (nSPS) is 11.6. The summed E-state index contributed by atoms with van der Waals surface area (Å²) in [6.07, 6.45) is 0.741. The molecule has 1 aromatic heterocycles. The summed E-state index contributed by atoms with van der Waals surface area (Å²) in [4.78, 5) is 0.749. The average molecular weight is 376 g/mol. The summed E-state index contributed by atoms with van der Waals surface area (Å²) >= 11 is 4.44. The molecule has 108 valence electrons. The first-order valence-electron chi connectivity index (χ1n) is 5.97. The number of sulfonamides is 1. The summed E-state index contributed by atoms with van der Waals surface area (Å²) in [7, 11) is -3.66. The van der Waals surface area contributed by atoms with Gasteiger partial charge >= 0.3 is 0 Å². The maximum atomic E-state index is 12.4. The summed E-state index contributed by atoms with van der Waals surface area (Å²) in [5, 5.41) is 9.09. The van der Waals surface area contributed by atoms with Gasteiger partial charge in [0, 0.05) is 4.88 Å². The Balaban J connectivity index is 2.38. The van der Waals surface area contributed by atoms with Crippen molar-refractivity contribution in [1.82, 2.24) is 0 Å². The first kappa shape index (κ1) is 15.5. The number of aryl methyl sites for hydroxylation is 1.